The van der Waals surface area contributed by atoms with Gasteiger partial charge in [0.1, 0.15) is 0 Å². The fourth-order valence-electron chi connectivity index (χ4n) is 0.603. The quantitative estimate of drug-likeness (QED) is 0.651. The zero-order valence-electron chi connectivity index (χ0n) is 5.97. The van der Waals surface area contributed by atoms with E-state index in [1.807, 2.05) is 0 Å². The number of hydrogen-bond acceptors (Lipinski definition) is 2. The Labute approximate surface area is 66.7 Å². The molecule has 0 fully saturated rings. The van der Waals surface area contributed by atoms with E-state index in [-0.39, 0.29) is 0 Å². The van der Waals surface area contributed by atoms with Crippen LogP contribution in [0.15, 0.2) is 18.7 Å². The molecule has 1 aromatic rings. The maximum absolute atomic E-state index is 11.9. The van der Waals surface area contributed by atoms with Crippen LogP contribution in [-0.2, 0) is 6.18 Å². The number of alkyl halides is 3. The SMILES string of the molecule is C=Cc1ccc(C(F)(F)F)nn1. The molecular weight excluding hydrogens is 169 g/mol. The van der Waals surface area contributed by atoms with Gasteiger partial charge in [-0.3, -0.25) is 0 Å². The number of nitrogens with zero attached hydrogens (tertiary/aromatic N) is 2. The Hall–Kier alpha value is -1.39. The monoisotopic (exact) mass is 174 g/mol. The Morgan fingerprint density at radius 1 is 1.25 bits per heavy atom. The van der Waals surface area contributed by atoms with E-state index < -0.39 is 11.9 Å². The van der Waals surface area contributed by atoms with Crippen molar-refractivity contribution in [3.05, 3.63) is 30.1 Å². The highest BCUT2D eigenvalue weighted by Crippen LogP contribution is 2.26. The van der Waals surface area contributed by atoms with Crippen LogP contribution in [0.5, 0.6) is 0 Å². The minimum Gasteiger partial charge on any atom is -0.164 e. The first-order valence-corrected chi connectivity index (χ1v) is 3.07. The second-order valence-corrected chi connectivity index (χ2v) is 2.05. The third-order valence-corrected chi connectivity index (χ3v) is 1.18. The Balaban J connectivity index is 3.00. The summed E-state index contributed by atoms with van der Waals surface area (Å²) in [5.41, 5.74) is -0.670. The second kappa shape index (κ2) is 2.92. The lowest BCUT2D eigenvalue weighted by atomic mass is 10.3. The molecule has 1 heterocycles. The van der Waals surface area contributed by atoms with Crippen molar-refractivity contribution in [3.8, 4) is 0 Å². The van der Waals surface area contributed by atoms with Crippen molar-refractivity contribution in [2.45, 2.75) is 6.18 Å². The van der Waals surface area contributed by atoms with Crippen molar-refractivity contribution in [1.29, 1.82) is 0 Å². The average Bonchev–Trinajstić information content (AvgIpc) is 2.03. The summed E-state index contributed by atoms with van der Waals surface area (Å²) in [4.78, 5) is 0. The first-order valence-electron chi connectivity index (χ1n) is 3.07. The van der Waals surface area contributed by atoms with E-state index in [2.05, 4.69) is 16.8 Å². The molecule has 0 saturated heterocycles. The summed E-state index contributed by atoms with van der Waals surface area (Å²) in [5.74, 6) is 0. The Bertz CT molecular complexity index is 276. The second-order valence-electron chi connectivity index (χ2n) is 2.05. The van der Waals surface area contributed by atoms with Gasteiger partial charge in [0.25, 0.3) is 0 Å². The molecule has 0 aliphatic carbocycles. The molecule has 0 aliphatic rings. The van der Waals surface area contributed by atoms with Crippen LogP contribution in [0, 0.1) is 0 Å². The van der Waals surface area contributed by atoms with Crippen molar-refractivity contribution in [3.63, 3.8) is 0 Å². The number of halogens is 3. The highest BCUT2D eigenvalue weighted by atomic mass is 19.4. The molecule has 0 atom stereocenters. The molecule has 12 heavy (non-hydrogen) atoms. The van der Waals surface area contributed by atoms with Crippen molar-refractivity contribution in [2.75, 3.05) is 0 Å². The predicted octanol–water partition coefficient (Wildman–Crippen LogP) is 2.14. The molecule has 0 spiro atoms. The summed E-state index contributed by atoms with van der Waals surface area (Å²) >= 11 is 0. The first-order chi connectivity index (χ1) is 5.54. The summed E-state index contributed by atoms with van der Waals surface area (Å²) < 4.78 is 35.7. The van der Waals surface area contributed by atoms with Crippen molar-refractivity contribution in [1.82, 2.24) is 10.2 Å². The summed E-state index contributed by atoms with van der Waals surface area (Å²) in [5, 5.41) is 6.25. The highest BCUT2D eigenvalue weighted by molar-refractivity contribution is 5.40. The normalized spacial score (nSPS) is 11.2. The lowest BCUT2D eigenvalue weighted by molar-refractivity contribution is -0.141. The molecule has 0 saturated carbocycles. The Kier molecular flexibility index (Phi) is 2.12. The van der Waals surface area contributed by atoms with Crippen LogP contribution in [0.4, 0.5) is 13.2 Å². The van der Waals surface area contributed by atoms with E-state index in [4.69, 9.17) is 0 Å². The molecule has 0 amide bonds. The van der Waals surface area contributed by atoms with Gasteiger partial charge >= 0.3 is 6.18 Å². The van der Waals surface area contributed by atoms with E-state index in [0.717, 1.165) is 6.07 Å². The van der Waals surface area contributed by atoms with Gasteiger partial charge in [-0.25, -0.2) is 0 Å². The minimum atomic E-state index is -4.42. The van der Waals surface area contributed by atoms with E-state index >= 15 is 0 Å². The molecule has 64 valence electrons. The summed E-state index contributed by atoms with van der Waals surface area (Å²) in [6.45, 7) is 3.34. The van der Waals surface area contributed by atoms with Gasteiger partial charge in [0.2, 0.25) is 0 Å². The fourth-order valence-corrected chi connectivity index (χ4v) is 0.603. The number of rotatable bonds is 1. The third-order valence-electron chi connectivity index (χ3n) is 1.18. The smallest absolute Gasteiger partial charge is 0.164 e. The zero-order chi connectivity index (χ0) is 9.19. The fraction of sp³-hybridized carbons (Fsp3) is 0.143. The van der Waals surface area contributed by atoms with E-state index in [0.29, 0.717) is 5.69 Å². The lowest BCUT2D eigenvalue weighted by Gasteiger charge is -2.03. The molecule has 0 unspecified atom stereocenters. The van der Waals surface area contributed by atoms with E-state index in [1.54, 1.807) is 0 Å². The van der Waals surface area contributed by atoms with Crippen molar-refractivity contribution in [2.24, 2.45) is 0 Å². The van der Waals surface area contributed by atoms with Gasteiger partial charge in [-0.15, -0.1) is 5.10 Å². The van der Waals surface area contributed by atoms with Gasteiger partial charge in [0.05, 0.1) is 5.69 Å². The van der Waals surface area contributed by atoms with Crippen molar-refractivity contribution < 1.29 is 13.2 Å². The topological polar surface area (TPSA) is 25.8 Å². The molecule has 1 rings (SSSR count). The molecule has 0 radical (unpaired) electrons. The molecule has 0 aromatic carbocycles. The van der Waals surface area contributed by atoms with Crippen molar-refractivity contribution >= 4 is 6.08 Å². The lowest BCUT2D eigenvalue weighted by Crippen LogP contribution is -2.08. The van der Waals surface area contributed by atoms with Crippen LogP contribution in [-0.4, -0.2) is 10.2 Å². The minimum absolute atomic E-state index is 0.322. The van der Waals surface area contributed by atoms with Gasteiger partial charge in [0, 0.05) is 0 Å². The maximum atomic E-state index is 11.9. The largest absolute Gasteiger partial charge is 0.435 e. The summed E-state index contributed by atoms with van der Waals surface area (Å²) in [6, 6.07) is 2.08. The van der Waals surface area contributed by atoms with Crippen LogP contribution in [0.1, 0.15) is 11.4 Å². The molecule has 2 nitrogen and oxygen atoms in total. The van der Waals surface area contributed by atoms with Crippen LogP contribution >= 0.6 is 0 Å². The van der Waals surface area contributed by atoms with Crippen LogP contribution in [0.25, 0.3) is 6.08 Å². The maximum Gasteiger partial charge on any atom is 0.435 e. The molecule has 0 N–H and O–H groups in total. The van der Waals surface area contributed by atoms with Crippen LogP contribution in [0.3, 0.4) is 0 Å². The van der Waals surface area contributed by atoms with E-state index in [9.17, 15) is 13.2 Å². The predicted molar refractivity (Wildman–Crippen MR) is 37.1 cm³/mol. The Morgan fingerprint density at radius 3 is 2.25 bits per heavy atom. The van der Waals surface area contributed by atoms with Gasteiger partial charge in [0.15, 0.2) is 5.69 Å². The standard InChI is InChI=1S/C7H5F3N2/c1-2-5-3-4-6(12-11-5)7(8,9)10/h2-4H,1H2. The van der Waals surface area contributed by atoms with Crippen LogP contribution in [0.2, 0.25) is 0 Å². The molecule has 1 aromatic heterocycles. The highest BCUT2D eigenvalue weighted by Gasteiger charge is 2.32. The molecule has 5 heteroatoms. The van der Waals surface area contributed by atoms with Gasteiger partial charge in [-0.05, 0) is 18.2 Å². The van der Waals surface area contributed by atoms with Gasteiger partial charge in [-0.2, -0.15) is 18.3 Å². The number of aromatic nitrogens is 2. The molecule has 0 bridgehead atoms. The third kappa shape index (κ3) is 1.81. The van der Waals surface area contributed by atoms with Crippen LogP contribution < -0.4 is 0 Å². The summed E-state index contributed by atoms with van der Waals surface area (Å²) in [6.07, 6.45) is -3.10. The molecule has 0 aliphatic heterocycles. The Morgan fingerprint density at radius 2 is 1.92 bits per heavy atom. The number of hydrogen-bond donors (Lipinski definition) is 0. The van der Waals surface area contributed by atoms with Gasteiger partial charge in [-0.1, -0.05) is 6.58 Å². The van der Waals surface area contributed by atoms with Gasteiger partial charge < -0.3 is 0 Å². The average molecular weight is 174 g/mol. The molecular formula is C7H5F3N2. The van der Waals surface area contributed by atoms with E-state index in [1.165, 1.54) is 12.1 Å². The first kappa shape index (κ1) is 8.70. The zero-order valence-corrected chi connectivity index (χ0v) is 5.97. The summed E-state index contributed by atoms with van der Waals surface area (Å²) in [7, 11) is 0.